The SMILES string of the molecule is NC[C@H]1CCC[C@H]1C(=O)N1CCN(C2CCC2)CC1. The Bertz CT molecular complexity index is 321. The largest absolute Gasteiger partial charge is 0.340 e. The molecule has 3 rings (SSSR count). The predicted octanol–water partition coefficient (Wildman–Crippen LogP) is 1.06. The molecule has 108 valence electrons. The third-order valence-electron chi connectivity index (χ3n) is 5.50. The van der Waals surface area contributed by atoms with Crippen molar-refractivity contribution < 1.29 is 4.79 Å². The maximum Gasteiger partial charge on any atom is 0.226 e. The molecule has 0 aromatic carbocycles. The first-order chi connectivity index (χ1) is 9.29. The zero-order valence-corrected chi connectivity index (χ0v) is 11.9. The van der Waals surface area contributed by atoms with Gasteiger partial charge in [-0.15, -0.1) is 0 Å². The van der Waals surface area contributed by atoms with Crippen LogP contribution in [0.15, 0.2) is 0 Å². The Labute approximate surface area is 116 Å². The molecule has 19 heavy (non-hydrogen) atoms. The van der Waals surface area contributed by atoms with Gasteiger partial charge in [0.1, 0.15) is 0 Å². The van der Waals surface area contributed by atoms with Crippen LogP contribution in [0.25, 0.3) is 0 Å². The number of nitrogens with zero attached hydrogens (tertiary/aromatic N) is 2. The molecule has 3 fully saturated rings. The van der Waals surface area contributed by atoms with Gasteiger partial charge < -0.3 is 10.6 Å². The number of hydrogen-bond donors (Lipinski definition) is 1. The van der Waals surface area contributed by atoms with Crippen LogP contribution in [0.5, 0.6) is 0 Å². The van der Waals surface area contributed by atoms with Crippen molar-refractivity contribution in [1.82, 2.24) is 9.80 Å². The molecule has 0 spiro atoms. The lowest BCUT2D eigenvalue weighted by Crippen LogP contribution is -2.54. The van der Waals surface area contributed by atoms with E-state index in [9.17, 15) is 4.79 Å². The minimum Gasteiger partial charge on any atom is -0.340 e. The number of carbonyl (C=O) groups excluding carboxylic acids is 1. The second-order valence-corrected chi connectivity index (χ2v) is 6.48. The highest BCUT2D eigenvalue weighted by molar-refractivity contribution is 5.79. The van der Waals surface area contributed by atoms with Gasteiger partial charge in [0.25, 0.3) is 0 Å². The topological polar surface area (TPSA) is 49.6 Å². The molecule has 2 N–H and O–H groups in total. The number of hydrogen-bond acceptors (Lipinski definition) is 3. The average Bonchev–Trinajstić information content (AvgIpc) is 2.85. The number of piperazine rings is 1. The van der Waals surface area contributed by atoms with Crippen molar-refractivity contribution in [3.63, 3.8) is 0 Å². The lowest BCUT2D eigenvalue weighted by atomic mass is 9.90. The monoisotopic (exact) mass is 265 g/mol. The van der Waals surface area contributed by atoms with Gasteiger partial charge in [-0.3, -0.25) is 9.69 Å². The highest BCUT2D eigenvalue weighted by Gasteiger charge is 2.36. The number of nitrogens with two attached hydrogens (primary N) is 1. The maximum atomic E-state index is 12.6. The normalized spacial score (nSPS) is 33.4. The zero-order chi connectivity index (χ0) is 13.2. The summed E-state index contributed by atoms with van der Waals surface area (Å²) in [5.41, 5.74) is 5.80. The Morgan fingerprint density at radius 2 is 1.68 bits per heavy atom. The standard InChI is InChI=1S/C15H27N3O/c16-11-12-3-1-6-14(12)15(19)18-9-7-17(8-10-18)13-4-2-5-13/h12-14H,1-11,16H2/t12-,14-/m1/s1. The summed E-state index contributed by atoms with van der Waals surface area (Å²) in [6.45, 7) is 4.71. The van der Waals surface area contributed by atoms with Gasteiger partial charge in [0.15, 0.2) is 0 Å². The minimum absolute atomic E-state index is 0.222. The van der Waals surface area contributed by atoms with Crippen LogP contribution in [0.4, 0.5) is 0 Å². The number of amides is 1. The molecule has 2 saturated carbocycles. The third-order valence-corrected chi connectivity index (χ3v) is 5.50. The summed E-state index contributed by atoms with van der Waals surface area (Å²) in [6, 6.07) is 0.820. The van der Waals surface area contributed by atoms with Crippen molar-refractivity contribution >= 4 is 5.91 Å². The molecular weight excluding hydrogens is 238 g/mol. The van der Waals surface area contributed by atoms with Crippen LogP contribution in [-0.4, -0.2) is 54.5 Å². The average molecular weight is 265 g/mol. The van der Waals surface area contributed by atoms with Crippen molar-refractivity contribution in [3.05, 3.63) is 0 Å². The van der Waals surface area contributed by atoms with E-state index < -0.39 is 0 Å². The molecule has 3 aliphatic rings. The summed E-state index contributed by atoms with van der Waals surface area (Å²) in [4.78, 5) is 17.3. The van der Waals surface area contributed by atoms with Gasteiger partial charge in [0.2, 0.25) is 5.91 Å². The lowest BCUT2D eigenvalue weighted by Gasteiger charge is -2.43. The van der Waals surface area contributed by atoms with Crippen LogP contribution < -0.4 is 5.73 Å². The summed E-state index contributed by atoms with van der Waals surface area (Å²) in [5, 5.41) is 0. The molecular formula is C15H27N3O. The summed E-state index contributed by atoms with van der Waals surface area (Å²) in [5.74, 6) is 1.05. The fraction of sp³-hybridized carbons (Fsp3) is 0.933. The molecule has 4 nitrogen and oxygen atoms in total. The van der Waals surface area contributed by atoms with Crippen LogP contribution in [0.3, 0.4) is 0 Å². The second-order valence-electron chi connectivity index (χ2n) is 6.48. The number of carbonyl (C=O) groups is 1. The Kier molecular flexibility index (Phi) is 4.08. The van der Waals surface area contributed by atoms with E-state index >= 15 is 0 Å². The lowest BCUT2D eigenvalue weighted by molar-refractivity contribution is -0.139. The van der Waals surface area contributed by atoms with Crippen LogP contribution in [0.2, 0.25) is 0 Å². The fourth-order valence-electron chi connectivity index (χ4n) is 3.94. The van der Waals surface area contributed by atoms with Gasteiger partial charge in [-0.05, 0) is 38.1 Å². The van der Waals surface area contributed by atoms with E-state index in [2.05, 4.69) is 9.80 Å². The van der Waals surface area contributed by atoms with Crippen LogP contribution in [0, 0.1) is 11.8 Å². The molecule has 0 aromatic rings. The van der Waals surface area contributed by atoms with Gasteiger partial charge in [0.05, 0.1) is 0 Å². The summed E-state index contributed by atoms with van der Waals surface area (Å²) >= 11 is 0. The molecule has 2 atom stereocenters. The Morgan fingerprint density at radius 3 is 2.26 bits per heavy atom. The van der Waals surface area contributed by atoms with E-state index in [1.165, 1.54) is 25.7 Å². The van der Waals surface area contributed by atoms with E-state index in [1.807, 2.05) is 0 Å². The first-order valence-corrected chi connectivity index (χ1v) is 8.02. The Balaban J connectivity index is 1.51. The van der Waals surface area contributed by atoms with E-state index in [4.69, 9.17) is 5.73 Å². The molecule has 0 unspecified atom stereocenters. The van der Waals surface area contributed by atoms with E-state index in [-0.39, 0.29) is 5.92 Å². The summed E-state index contributed by atoms with van der Waals surface area (Å²) < 4.78 is 0. The molecule has 1 aliphatic heterocycles. The third kappa shape index (κ3) is 2.65. The van der Waals surface area contributed by atoms with Crippen LogP contribution >= 0.6 is 0 Å². The van der Waals surface area contributed by atoms with E-state index in [0.29, 0.717) is 18.4 Å². The predicted molar refractivity (Wildman–Crippen MR) is 75.7 cm³/mol. The highest BCUT2D eigenvalue weighted by Crippen LogP contribution is 2.33. The van der Waals surface area contributed by atoms with Crippen molar-refractivity contribution in [2.45, 2.75) is 44.6 Å². The van der Waals surface area contributed by atoms with Gasteiger partial charge in [0, 0.05) is 38.1 Å². The Morgan fingerprint density at radius 1 is 1.00 bits per heavy atom. The van der Waals surface area contributed by atoms with Crippen LogP contribution in [-0.2, 0) is 4.79 Å². The van der Waals surface area contributed by atoms with E-state index in [1.54, 1.807) is 0 Å². The first-order valence-electron chi connectivity index (χ1n) is 8.02. The molecule has 0 bridgehead atoms. The first kappa shape index (κ1) is 13.4. The molecule has 1 heterocycles. The van der Waals surface area contributed by atoms with Crippen molar-refractivity contribution in [3.8, 4) is 0 Å². The van der Waals surface area contributed by atoms with Crippen molar-refractivity contribution in [1.29, 1.82) is 0 Å². The fourth-order valence-corrected chi connectivity index (χ4v) is 3.94. The smallest absolute Gasteiger partial charge is 0.226 e. The van der Waals surface area contributed by atoms with Crippen LogP contribution in [0.1, 0.15) is 38.5 Å². The second kappa shape index (κ2) is 5.80. The quantitative estimate of drug-likeness (QED) is 0.830. The zero-order valence-electron chi connectivity index (χ0n) is 11.9. The minimum atomic E-state index is 0.222. The summed E-state index contributed by atoms with van der Waals surface area (Å²) in [7, 11) is 0. The van der Waals surface area contributed by atoms with Gasteiger partial charge >= 0.3 is 0 Å². The van der Waals surface area contributed by atoms with Gasteiger partial charge in [-0.1, -0.05) is 12.8 Å². The Hall–Kier alpha value is -0.610. The molecule has 0 radical (unpaired) electrons. The van der Waals surface area contributed by atoms with Gasteiger partial charge in [-0.25, -0.2) is 0 Å². The van der Waals surface area contributed by atoms with E-state index in [0.717, 1.165) is 45.1 Å². The molecule has 1 saturated heterocycles. The van der Waals surface area contributed by atoms with Crippen molar-refractivity contribution in [2.75, 3.05) is 32.7 Å². The highest BCUT2D eigenvalue weighted by atomic mass is 16.2. The molecule has 2 aliphatic carbocycles. The molecule has 0 aromatic heterocycles. The van der Waals surface area contributed by atoms with Gasteiger partial charge in [-0.2, -0.15) is 0 Å². The number of rotatable bonds is 3. The molecule has 1 amide bonds. The van der Waals surface area contributed by atoms with Crippen molar-refractivity contribution in [2.24, 2.45) is 17.6 Å². The maximum absolute atomic E-state index is 12.6. The molecule has 4 heteroatoms. The summed E-state index contributed by atoms with van der Waals surface area (Å²) in [6.07, 6.45) is 7.51.